The zero-order valence-electron chi connectivity index (χ0n) is 5.72. The number of hydrogen-bond acceptors (Lipinski definition) is 2. The lowest BCUT2D eigenvalue weighted by atomic mass is 10.3. The molecule has 0 heterocycles. The van der Waals surface area contributed by atoms with Gasteiger partial charge in [-0.15, -0.1) is 0 Å². The maximum Gasteiger partial charge on any atom is 0.135 e. The molecule has 0 aromatic rings. The molecule has 52 valence electrons. The van der Waals surface area contributed by atoms with Crippen molar-refractivity contribution < 1.29 is 9.53 Å². The van der Waals surface area contributed by atoms with Crippen LogP contribution in [0.1, 0.15) is 26.2 Å². The van der Waals surface area contributed by atoms with Gasteiger partial charge in [-0.2, -0.15) is 0 Å². The van der Waals surface area contributed by atoms with E-state index < -0.39 is 0 Å². The highest BCUT2D eigenvalue weighted by molar-refractivity contribution is 5.80. The molecule has 2 heteroatoms. The normalized spacial score (nSPS) is 27.2. The molecule has 1 fully saturated rings. The highest BCUT2D eigenvalue weighted by Gasteiger charge is 2.21. The Morgan fingerprint density at radius 1 is 1.78 bits per heavy atom. The van der Waals surface area contributed by atoms with Gasteiger partial charge in [-0.1, -0.05) is 0 Å². The molecule has 2 nitrogen and oxygen atoms in total. The average molecular weight is 128 g/mol. The van der Waals surface area contributed by atoms with E-state index >= 15 is 0 Å². The smallest absolute Gasteiger partial charge is 0.135 e. The largest absolute Gasteiger partial charge is 0.378 e. The van der Waals surface area contributed by atoms with Gasteiger partial charge in [0.1, 0.15) is 5.78 Å². The highest BCUT2D eigenvalue weighted by atomic mass is 16.5. The third kappa shape index (κ3) is 1.79. The van der Waals surface area contributed by atoms with E-state index in [4.69, 9.17) is 4.74 Å². The number of carbonyl (C=O) groups is 1. The Kier molecular flexibility index (Phi) is 2.22. The van der Waals surface area contributed by atoms with Gasteiger partial charge in [0.15, 0.2) is 0 Å². The molecule has 1 aliphatic carbocycles. The van der Waals surface area contributed by atoms with Crippen LogP contribution in [0.4, 0.5) is 0 Å². The first-order valence-electron chi connectivity index (χ1n) is 3.46. The Morgan fingerprint density at radius 2 is 2.56 bits per heavy atom. The van der Waals surface area contributed by atoms with E-state index in [-0.39, 0.29) is 6.10 Å². The Morgan fingerprint density at radius 3 is 3.00 bits per heavy atom. The van der Waals surface area contributed by atoms with Crippen LogP contribution in [0.5, 0.6) is 0 Å². The fourth-order valence-corrected chi connectivity index (χ4v) is 1.16. The van der Waals surface area contributed by atoms with Crippen molar-refractivity contribution in [2.45, 2.75) is 32.3 Å². The van der Waals surface area contributed by atoms with Crippen LogP contribution in [-0.2, 0) is 9.53 Å². The van der Waals surface area contributed by atoms with Crippen molar-refractivity contribution in [3.8, 4) is 0 Å². The summed E-state index contributed by atoms with van der Waals surface area (Å²) in [5, 5.41) is 0. The molecule has 0 N–H and O–H groups in total. The molecule has 0 amide bonds. The molecule has 0 saturated heterocycles. The molecule has 0 bridgehead atoms. The summed E-state index contributed by atoms with van der Waals surface area (Å²) in [6, 6.07) is 0. The molecular formula is C7H12O2. The van der Waals surface area contributed by atoms with Gasteiger partial charge in [-0.3, -0.25) is 4.79 Å². The van der Waals surface area contributed by atoms with Crippen LogP contribution in [0.2, 0.25) is 0 Å². The van der Waals surface area contributed by atoms with Crippen molar-refractivity contribution in [1.82, 2.24) is 0 Å². The number of hydrogen-bond donors (Lipinski definition) is 0. The molecular weight excluding hydrogens is 116 g/mol. The quantitative estimate of drug-likeness (QED) is 0.557. The summed E-state index contributed by atoms with van der Waals surface area (Å²) in [7, 11) is 0. The predicted octanol–water partition coefficient (Wildman–Crippen LogP) is 1.14. The van der Waals surface area contributed by atoms with Gasteiger partial charge >= 0.3 is 0 Å². The van der Waals surface area contributed by atoms with E-state index in [9.17, 15) is 4.79 Å². The summed E-state index contributed by atoms with van der Waals surface area (Å²) in [6.45, 7) is 2.70. The van der Waals surface area contributed by atoms with Gasteiger partial charge in [0, 0.05) is 19.4 Å². The van der Waals surface area contributed by atoms with Gasteiger partial charge in [0.2, 0.25) is 0 Å². The summed E-state index contributed by atoms with van der Waals surface area (Å²) in [4.78, 5) is 10.6. The number of ketones is 1. The van der Waals surface area contributed by atoms with Crippen molar-refractivity contribution in [2.75, 3.05) is 6.61 Å². The van der Waals surface area contributed by atoms with Crippen LogP contribution in [0, 0.1) is 0 Å². The summed E-state index contributed by atoms with van der Waals surface area (Å²) < 4.78 is 5.25. The molecule has 0 aromatic carbocycles. The van der Waals surface area contributed by atoms with Crippen molar-refractivity contribution in [2.24, 2.45) is 0 Å². The van der Waals surface area contributed by atoms with Crippen molar-refractivity contribution in [1.29, 1.82) is 0 Å². The molecule has 9 heavy (non-hydrogen) atoms. The van der Waals surface area contributed by atoms with Gasteiger partial charge in [0.25, 0.3) is 0 Å². The first-order valence-corrected chi connectivity index (χ1v) is 3.46. The first-order chi connectivity index (χ1) is 4.33. The molecule has 1 rings (SSSR count). The summed E-state index contributed by atoms with van der Waals surface area (Å²) in [5.41, 5.74) is 0. The minimum absolute atomic E-state index is 0.238. The van der Waals surface area contributed by atoms with E-state index in [2.05, 4.69) is 0 Å². The lowest BCUT2D eigenvalue weighted by molar-refractivity contribution is -0.118. The second-order valence-corrected chi connectivity index (χ2v) is 2.36. The number of carbonyl (C=O) groups excluding carboxylic acids is 1. The fraction of sp³-hybridized carbons (Fsp3) is 0.857. The van der Waals surface area contributed by atoms with E-state index in [0.717, 1.165) is 19.4 Å². The molecule has 0 spiro atoms. The van der Waals surface area contributed by atoms with E-state index in [1.165, 1.54) is 0 Å². The Balaban J connectivity index is 2.22. The monoisotopic (exact) mass is 128 g/mol. The van der Waals surface area contributed by atoms with Crippen LogP contribution in [0.15, 0.2) is 0 Å². The Hall–Kier alpha value is -0.370. The van der Waals surface area contributed by atoms with Crippen LogP contribution < -0.4 is 0 Å². The molecule has 1 aliphatic rings. The van der Waals surface area contributed by atoms with Gasteiger partial charge in [-0.25, -0.2) is 0 Å². The zero-order valence-corrected chi connectivity index (χ0v) is 5.72. The fourth-order valence-electron chi connectivity index (χ4n) is 1.16. The summed E-state index contributed by atoms with van der Waals surface area (Å²) in [5.74, 6) is 0.355. The lowest BCUT2D eigenvalue weighted by Crippen LogP contribution is -2.07. The SMILES string of the molecule is CCOC1CCC(=O)C1. The molecule has 0 aromatic heterocycles. The van der Waals surface area contributed by atoms with Gasteiger partial charge in [-0.05, 0) is 13.3 Å². The third-order valence-corrected chi connectivity index (χ3v) is 1.60. The zero-order chi connectivity index (χ0) is 6.69. The number of Topliss-reactive ketones (excluding diaryl/α,β-unsaturated/α-hetero) is 1. The lowest BCUT2D eigenvalue weighted by Gasteiger charge is -2.05. The molecule has 1 unspecified atom stereocenters. The topological polar surface area (TPSA) is 26.3 Å². The molecule has 0 aliphatic heterocycles. The minimum atomic E-state index is 0.238. The average Bonchev–Trinajstić information content (AvgIpc) is 2.17. The standard InChI is InChI=1S/C7H12O2/c1-2-9-7-4-3-6(8)5-7/h7H,2-5H2,1H3. The first kappa shape index (κ1) is 6.75. The Labute approximate surface area is 55.2 Å². The maximum absolute atomic E-state index is 10.6. The van der Waals surface area contributed by atoms with E-state index in [0.29, 0.717) is 12.2 Å². The van der Waals surface area contributed by atoms with Gasteiger partial charge in [0.05, 0.1) is 6.10 Å². The van der Waals surface area contributed by atoms with Crippen LogP contribution in [0.3, 0.4) is 0 Å². The summed E-state index contributed by atoms with van der Waals surface area (Å²) in [6.07, 6.45) is 2.55. The second kappa shape index (κ2) is 2.97. The third-order valence-electron chi connectivity index (χ3n) is 1.60. The van der Waals surface area contributed by atoms with E-state index in [1.807, 2.05) is 6.92 Å². The minimum Gasteiger partial charge on any atom is -0.378 e. The maximum atomic E-state index is 10.6. The molecule has 1 atom stereocenters. The number of rotatable bonds is 2. The van der Waals surface area contributed by atoms with Crippen LogP contribution >= 0.6 is 0 Å². The molecule has 0 radical (unpaired) electrons. The number of ether oxygens (including phenoxy) is 1. The van der Waals surface area contributed by atoms with Crippen LogP contribution in [0.25, 0.3) is 0 Å². The van der Waals surface area contributed by atoms with Crippen LogP contribution in [-0.4, -0.2) is 18.5 Å². The molecule has 1 saturated carbocycles. The van der Waals surface area contributed by atoms with Crippen molar-refractivity contribution >= 4 is 5.78 Å². The van der Waals surface area contributed by atoms with E-state index in [1.54, 1.807) is 0 Å². The summed E-state index contributed by atoms with van der Waals surface area (Å²) >= 11 is 0. The van der Waals surface area contributed by atoms with Crippen molar-refractivity contribution in [3.05, 3.63) is 0 Å². The second-order valence-electron chi connectivity index (χ2n) is 2.36. The predicted molar refractivity (Wildman–Crippen MR) is 34.3 cm³/mol. The van der Waals surface area contributed by atoms with Gasteiger partial charge < -0.3 is 4.74 Å². The van der Waals surface area contributed by atoms with Crippen molar-refractivity contribution in [3.63, 3.8) is 0 Å². The Bertz CT molecular complexity index is 109. The highest BCUT2D eigenvalue weighted by Crippen LogP contribution is 2.17.